The van der Waals surface area contributed by atoms with Gasteiger partial charge < -0.3 is 4.40 Å². The highest BCUT2D eigenvalue weighted by Gasteiger charge is 2.08. The second-order valence-corrected chi connectivity index (χ2v) is 4.49. The maximum atomic E-state index is 13.2. The number of benzene rings is 1. The summed E-state index contributed by atoms with van der Waals surface area (Å²) >= 11 is 0. The van der Waals surface area contributed by atoms with Crippen molar-refractivity contribution in [1.29, 1.82) is 0 Å². The molecule has 0 aliphatic rings. The molecule has 0 aliphatic heterocycles. The SMILES string of the molecule is O=Cc1ccc2c(Cc3ccc(F)c(F)c3)ncn2c1. The van der Waals surface area contributed by atoms with Gasteiger partial charge in [-0.15, -0.1) is 0 Å². The lowest BCUT2D eigenvalue weighted by atomic mass is 10.1. The first-order valence-electron chi connectivity index (χ1n) is 6.02. The lowest BCUT2D eigenvalue weighted by Crippen LogP contribution is -1.93. The van der Waals surface area contributed by atoms with Gasteiger partial charge in [0.05, 0.1) is 17.5 Å². The largest absolute Gasteiger partial charge is 0.305 e. The van der Waals surface area contributed by atoms with Crippen molar-refractivity contribution in [2.45, 2.75) is 6.42 Å². The third-order valence-electron chi connectivity index (χ3n) is 3.13. The van der Waals surface area contributed by atoms with Crippen molar-refractivity contribution in [3.63, 3.8) is 0 Å². The van der Waals surface area contributed by atoms with Gasteiger partial charge in [-0.05, 0) is 29.8 Å². The number of pyridine rings is 1. The third-order valence-corrected chi connectivity index (χ3v) is 3.13. The quantitative estimate of drug-likeness (QED) is 0.687. The van der Waals surface area contributed by atoms with Crippen molar-refractivity contribution in [3.05, 3.63) is 71.3 Å². The first kappa shape index (κ1) is 12.5. The van der Waals surface area contributed by atoms with Gasteiger partial charge in [0.2, 0.25) is 0 Å². The van der Waals surface area contributed by atoms with Gasteiger partial charge in [-0.2, -0.15) is 0 Å². The molecule has 0 spiro atoms. The molecule has 0 aliphatic carbocycles. The molecule has 0 N–H and O–H groups in total. The average molecular weight is 272 g/mol. The molecule has 0 atom stereocenters. The minimum Gasteiger partial charge on any atom is -0.305 e. The fraction of sp³-hybridized carbons (Fsp3) is 0.0667. The van der Waals surface area contributed by atoms with Gasteiger partial charge in [-0.1, -0.05) is 6.07 Å². The molecule has 0 fully saturated rings. The minimum absolute atomic E-state index is 0.397. The van der Waals surface area contributed by atoms with E-state index in [9.17, 15) is 13.6 Å². The molecule has 2 aromatic heterocycles. The molecule has 20 heavy (non-hydrogen) atoms. The first-order valence-corrected chi connectivity index (χ1v) is 6.02. The molecular formula is C15H10F2N2O. The molecule has 0 unspecified atom stereocenters. The number of carbonyl (C=O) groups excluding carboxylic acids is 1. The van der Waals surface area contributed by atoms with E-state index in [-0.39, 0.29) is 0 Å². The molecule has 3 rings (SSSR count). The summed E-state index contributed by atoms with van der Waals surface area (Å²) in [5.41, 5.74) is 2.77. The van der Waals surface area contributed by atoms with Crippen LogP contribution >= 0.6 is 0 Å². The lowest BCUT2D eigenvalue weighted by molar-refractivity contribution is 0.112. The number of hydrogen-bond donors (Lipinski definition) is 0. The van der Waals surface area contributed by atoms with Crippen LogP contribution in [0.4, 0.5) is 8.78 Å². The molecule has 3 aromatic rings. The molecule has 100 valence electrons. The van der Waals surface area contributed by atoms with Crippen LogP contribution in [0.5, 0.6) is 0 Å². The molecule has 2 heterocycles. The Morgan fingerprint density at radius 1 is 1.15 bits per heavy atom. The van der Waals surface area contributed by atoms with Gasteiger partial charge in [0.15, 0.2) is 17.9 Å². The van der Waals surface area contributed by atoms with Crippen LogP contribution in [0.2, 0.25) is 0 Å². The van der Waals surface area contributed by atoms with Crippen LogP contribution in [-0.2, 0) is 6.42 Å². The zero-order valence-electron chi connectivity index (χ0n) is 10.4. The van der Waals surface area contributed by atoms with Crippen LogP contribution in [0.1, 0.15) is 21.6 Å². The van der Waals surface area contributed by atoms with Gasteiger partial charge >= 0.3 is 0 Å². The van der Waals surface area contributed by atoms with E-state index >= 15 is 0 Å². The van der Waals surface area contributed by atoms with E-state index in [2.05, 4.69) is 4.98 Å². The fourth-order valence-electron chi connectivity index (χ4n) is 2.12. The second-order valence-electron chi connectivity index (χ2n) is 4.49. The van der Waals surface area contributed by atoms with Gasteiger partial charge in [-0.3, -0.25) is 4.79 Å². The molecule has 0 amide bonds. The topological polar surface area (TPSA) is 34.4 Å². The molecule has 0 radical (unpaired) electrons. The Balaban J connectivity index is 1.98. The Morgan fingerprint density at radius 3 is 2.75 bits per heavy atom. The van der Waals surface area contributed by atoms with Crippen LogP contribution in [-0.4, -0.2) is 15.7 Å². The summed E-state index contributed by atoms with van der Waals surface area (Å²) in [5, 5.41) is 0. The number of hydrogen-bond acceptors (Lipinski definition) is 2. The Kier molecular flexibility index (Phi) is 3.02. The van der Waals surface area contributed by atoms with Crippen molar-refractivity contribution >= 4 is 11.8 Å². The maximum Gasteiger partial charge on any atom is 0.159 e. The van der Waals surface area contributed by atoms with Gasteiger partial charge in [0.25, 0.3) is 0 Å². The zero-order valence-corrected chi connectivity index (χ0v) is 10.4. The normalized spacial score (nSPS) is 10.9. The summed E-state index contributed by atoms with van der Waals surface area (Å²) in [4.78, 5) is 15.0. The summed E-state index contributed by atoms with van der Waals surface area (Å²) < 4.78 is 27.8. The fourth-order valence-corrected chi connectivity index (χ4v) is 2.12. The second kappa shape index (κ2) is 4.85. The van der Waals surface area contributed by atoms with Crippen molar-refractivity contribution in [2.24, 2.45) is 0 Å². The molecule has 0 bridgehead atoms. The number of aromatic nitrogens is 2. The Hall–Kier alpha value is -2.56. The highest BCUT2D eigenvalue weighted by molar-refractivity contribution is 5.75. The van der Waals surface area contributed by atoms with E-state index < -0.39 is 11.6 Å². The van der Waals surface area contributed by atoms with Crippen LogP contribution < -0.4 is 0 Å². The van der Waals surface area contributed by atoms with Crippen LogP contribution in [0.25, 0.3) is 5.52 Å². The summed E-state index contributed by atoms with van der Waals surface area (Å²) in [7, 11) is 0. The number of rotatable bonds is 3. The highest BCUT2D eigenvalue weighted by atomic mass is 19.2. The summed E-state index contributed by atoms with van der Waals surface area (Å²) in [6.45, 7) is 0. The third kappa shape index (κ3) is 2.18. The van der Waals surface area contributed by atoms with E-state index in [1.165, 1.54) is 12.1 Å². The molecule has 5 heteroatoms. The minimum atomic E-state index is -0.866. The predicted octanol–water partition coefficient (Wildman–Crippen LogP) is 3.02. The van der Waals surface area contributed by atoms with Crippen molar-refractivity contribution in [3.8, 4) is 0 Å². The Bertz CT molecular complexity index is 796. The number of nitrogens with zero attached hydrogens (tertiary/aromatic N) is 2. The molecule has 3 nitrogen and oxygen atoms in total. The first-order chi connectivity index (χ1) is 9.67. The van der Waals surface area contributed by atoms with E-state index in [4.69, 9.17) is 0 Å². The van der Waals surface area contributed by atoms with Gasteiger partial charge in [0, 0.05) is 18.2 Å². The smallest absolute Gasteiger partial charge is 0.159 e. The van der Waals surface area contributed by atoms with Crippen LogP contribution in [0.3, 0.4) is 0 Å². The van der Waals surface area contributed by atoms with Gasteiger partial charge in [0.1, 0.15) is 0 Å². The van der Waals surface area contributed by atoms with Crippen LogP contribution in [0, 0.1) is 11.6 Å². The monoisotopic (exact) mass is 272 g/mol. The number of carbonyl (C=O) groups is 1. The molecule has 0 saturated carbocycles. The maximum absolute atomic E-state index is 13.2. The van der Waals surface area contributed by atoms with E-state index in [1.807, 2.05) is 0 Å². The van der Waals surface area contributed by atoms with Gasteiger partial charge in [-0.25, -0.2) is 13.8 Å². The average Bonchev–Trinajstić information content (AvgIpc) is 2.85. The van der Waals surface area contributed by atoms with Crippen molar-refractivity contribution in [2.75, 3.05) is 0 Å². The highest BCUT2D eigenvalue weighted by Crippen LogP contribution is 2.17. The molecular weight excluding hydrogens is 262 g/mol. The summed E-state index contributed by atoms with van der Waals surface area (Å²) in [6, 6.07) is 7.28. The summed E-state index contributed by atoms with van der Waals surface area (Å²) in [5.74, 6) is -1.73. The van der Waals surface area contributed by atoms with Crippen LogP contribution in [0.15, 0.2) is 42.9 Å². The van der Waals surface area contributed by atoms with E-state index in [1.54, 1.807) is 29.1 Å². The number of imidazole rings is 1. The molecule has 0 saturated heterocycles. The van der Waals surface area contributed by atoms with E-state index in [0.29, 0.717) is 17.5 Å². The standard InChI is InChI=1S/C15H10F2N2O/c16-12-3-1-10(5-13(12)17)6-14-15-4-2-11(8-20)7-19(15)9-18-14/h1-5,7-9H,6H2. The van der Waals surface area contributed by atoms with Crippen molar-refractivity contribution in [1.82, 2.24) is 9.38 Å². The number of aldehydes is 1. The summed E-state index contributed by atoms with van der Waals surface area (Å²) in [6.07, 6.45) is 4.42. The Morgan fingerprint density at radius 2 is 2.00 bits per heavy atom. The van der Waals surface area contributed by atoms with Crippen molar-refractivity contribution < 1.29 is 13.6 Å². The number of fused-ring (bicyclic) bond motifs is 1. The van der Waals surface area contributed by atoms with E-state index in [0.717, 1.165) is 23.6 Å². The zero-order chi connectivity index (χ0) is 14.1. The number of halogens is 2. The predicted molar refractivity (Wildman–Crippen MR) is 69.7 cm³/mol. The Labute approximate surface area is 113 Å². The lowest BCUT2D eigenvalue weighted by Gasteiger charge is -2.01. The molecule has 1 aromatic carbocycles.